The molecule has 0 saturated carbocycles. The summed E-state index contributed by atoms with van der Waals surface area (Å²) in [6, 6.07) is 56.2. The maximum atomic E-state index is 15.8. The molecule has 9 heteroatoms. The van der Waals surface area contributed by atoms with E-state index in [4.69, 9.17) is 0 Å². The Kier molecular flexibility index (Phi) is 12.3. The topological polar surface area (TPSA) is 33.6 Å². The molecule has 10 aromatic carbocycles. The predicted octanol–water partition coefficient (Wildman–Crippen LogP) is 20.6. The molecule has 0 aliphatic heterocycles. The largest absolute Gasteiger partial charge is 0.417 e. The monoisotopic (exact) mass is 1060 g/mol. The second-order valence-electron chi connectivity index (χ2n) is 21.8. The van der Waals surface area contributed by atoms with Gasteiger partial charge in [0, 0.05) is 32.7 Å². The summed E-state index contributed by atoms with van der Waals surface area (Å²) >= 11 is 0. The first-order chi connectivity index (χ1) is 38.1. The van der Waals surface area contributed by atoms with Crippen LogP contribution in [0.3, 0.4) is 0 Å². The van der Waals surface area contributed by atoms with Gasteiger partial charge < -0.3 is 9.13 Å². The average Bonchev–Trinajstić information content (AvgIpc) is 4.06. The third-order valence-electron chi connectivity index (χ3n) is 15.4. The van der Waals surface area contributed by atoms with Crippen LogP contribution in [0, 0.1) is 66.7 Å². The van der Waals surface area contributed by atoms with Crippen LogP contribution >= 0.6 is 0 Å². The number of benzene rings is 10. The fraction of sp³-hybridized carbons (Fsp3) is 0.141. The number of hydrogen-bond acceptors (Lipinski definition) is 1. The van der Waals surface area contributed by atoms with Gasteiger partial charge in [-0.15, -0.1) is 0 Å². The van der Waals surface area contributed by atoms with Crippen molar-refractivity contribution in [3.63, 3.8) is 0 Å². The van der Waals surface area contributed by atoms with Crippen molar-refractivity contribution < 1.29 is 26.3 Å². The number of aryl methyl sites for hydroxylation is 8. The normalized spacial score (nSPS) is 12.1. The van der Waals surface area contributed by atoms with E-state index in [1.54, 1.807) is 4.57 Å². The van der Waals surface area contributed by atoms with Crippen LogP contribution in [0.2, 0.25) is 0 Å². The van der Waals surface area contributed by atoms with Crippen molar-refractivity contribution in [3.8, 4) is 73.1 Å². The van der Waals surface area contributed by atoms with E-state index < -0.39 is 29.0 Å². The number of halogens is 6. The van der Waals surface area contributed by atoms with Crippen LogP contribution in [0.15, 0.2) is 176 Å². The van der Waals surface area contributed by atoms with Gasteiger partial charge in [-0.25, -0.2) is 0 Å². The number of aromatic nitrogens is 2. The maximum Gasteiger partial charge on any atom is 0.417 e. The zero-order valence-electron chi connectivity index (χ0n) is 45.4. The van der Waals surface area contributed by atoms with Gasteiger partial charge in [0.2, 0.25) is 0 Å². The van der Waals surface area contributed by atoms with Crippen LogP contribution in [0.25, 0.3) is 111 Å². The van der Waals surface area contributed by atoms with Crippen LogP contribution in [0.4, 0.5) is 26.3 Å². The fourth-order valence-corrected chi connectivity index (χ4v) is 12.4. The van der Waals surface area contributed by atoms with Crippen molar-refractivity contribution in [2.24, 2.45) is 0 Å². The Labute approximate surface area is 460 Å². The van der Waals surface area contributed by atoms with E-state index in [0.29, 0.717) is 34.2 Å². The molecular weight excluding hydrogens is 1010 g/mol. The van der Waals surface area contributed by atoms with Crippen molar-refractivity contribution in [1.29, 1.82) is 5.26 Å². The molecule has 394 valence electrons. The molecule has 0 amide bonds. The smallest absolute Gasteiger partial charge is 0.309 e. The SMILES string of the molecule is Cc1cc(C)cc(-c2ccc3c(c2)c2cc(-c4cc(C)cc(C)c4)ccc2n3-c2cc(-c3c(C(F)(F)F)cccc3C(F)(F)F)c(-n3c4ccc(-c5cc(C)cc(C)c5)cc4c4cc(-c5cc(C)cc(C)c5)ccc43)cc2C#N)c1. The molecule has 2 heterocycles. The summed E-state index contributed by atoms with van der Waals surface area (Å²) in [6.07, 6.45) is -10.5. The third-order valence-corrected chi connectivity index (χ3v) is 15.4. The molecule has 0 bridgehead atoms. The summed E-state index contributed by atoms with van der Waals surface area (Å²) in [5.41, 5.74) is 14.1. The van der Waals surface area contributed by atoms with Gasteiger partial charge in [0.1, 0.15) is 6.07 Å². The number of fused-ring (bicyclic) bond motifs is 6. The van der Waals surface area contributed by atoms with Gasteiger partial charge in [-0.2, -0.15) is 31.6 Å². The molecule has 0 saturated heterocycles. The number of nitrogens with zero attached hydrogens (tertiary/aromatic N) is 3. The third kappa shape index (κ3) is 9.08. The Hall–Kier alpha value is -9.13. The van der Waals surface area contributed by atoms with Crippen molar-refractivity contribution >= 4 is 43.6 Å². The Morgan fingerprint density at radius 3 is 0.887 bits per heavy atom. The van der Waals surface area contributed by atoms with Gasteiger partial charge >= 0.3 is 12.4 Å². The molecule has 0 spiro atoms. The van der Waals surface area contributed by atoms with E-state index >= 15 is 26.3 Å². The lowest BCUT2D eigenvalue weighted by molar-refractivity contribution is -0.142. The minimum Gasteiger partial charge on any atom is -0.309 e. The Balaban J connectivity index is 1.22. The minimum atomic E-state index is -5.23. The van der Waals surface area contributed by atoms with E-state index in [1.807, 2.05) is 121 Å². The summed E-state index contributed by atoms with van der Waals surface area (Å²) in [5, 5.41) is 14.5. The maximum absolute atomic E-state index is 15.8. The molecule has 12 aromatic rings. The molecule has 0 fully saturated rings. The lowest BCUT2D eigenvalue weighted by Gasteiger charge is -2.24. The molecule has 0 radical (unpaired) electrons. The van der Waals surface area contributed by atoms with Crippen molar-refractivity contribution in [2.75, 3.05) is 0 Å². The molecule has 0 atom stereocenters. The van der Waals surface area contributed by atoms with Crippen LogP contribution in [-0.2, 0) is 12.4 Å². The molecule has 0 N–H and O–H groups in total. The summed E-state index contributed by atoms with van der Waals surface area (Å²) in [5.74, 6) is 0. The lowest BCUT2D eigenvalue weighted by atomic mass is 9.90. The second-order valence-corrected chi connectivity index (χ2v) is 21.8. The zero-order chi connectivity index (χ0) is 56.3. The molecule has 0 aliphatic carbocycles. The summed E-state index contributed by atoms with van der Waals surface area (Å²) < 4.78 is 98.1. The summed E-state index contributed by atoms with van der Waals surface area (Å²) in [4.78, 5) is 0. The highest BCUT2D eigenvalue weighted by Gasteiger charge is 2.42. The van der Waals surface area contributed by atoms with Gasteiger partial charge in [-0.05, 0) is 173 Å². The van der Waals surface area contributed by atoms with E-state index in [0.717, 1.165) is 117 Å². The standard InChI is InChI=1S/C71H53F6N3/c1-39-20-40(2)25-51(24-39)47-12-16-63-56(32-47)57-33-48(52-26-41(3)21-42(4)27-52)13-17-64(57)79(63)67-37-60(69-61(70(72,73)74)10-9-11-62(69)71(75,76)77)68(36-55(67)38-78)80-65-18-14-49(53-28-43(5)22-44(6)29-53)34-58(65)59-35-50(15-19-66(59)80)54-30-45(7)23-46(8)31-54/h9-37H,1-8H3. The van der Waals surface area contributed by atoms with Crippen LogP contribution in [0.5, 0.6) is 0 Å². The van der Waals surface area contributed by atoms with Crippen LogP contribution in [0.1, 0.15) is 61.2 Å². The van der Waals surface area contributed by atoms with E-state index in [1.165, 1.54) is 12.1 Å². The Bertz CT molecular complexity index is 4280. The Morgan fingerprint density at radius 1 is 0.325 bits per heavy atom. The first-order valence-electron chi connectivity index (χ1n) is 26.5. The van der Waals surface area contributed by atoms with E-state index in [-0.39, 0.29) is 22.5 Å². The van der Waals surface area contributed by atoms with Crippen LogP contribution in [-0.4, -0.2) is 9.13 Å². The molecule has 80 heavy (non-hydrogen) atoms. The molecule has 0 aliphatic rings. The Morgan fingerprint density at radius 2 is 0.613 bits per heavy atom. The number of hydrogen-bond donors (Lipinski definition) is 0. The van der Waals surface area contributed by atoms with E-state index in [2.05, 4.69) is 91.0 Å². The van der Waals surface area contributed by atoms with Crippen LogP contribution < -0.4 is 0 Å². The van der Waals surface area contributed by atoms with Gasteiger partial charge in [-0.1, -0.05) is 148 Å². The highest BCUT2D eigenvalue weighted by Crippen LogP contribution is 2.50. The van der Waals surface area contributed by atoms with Crippen molar-refractivity contribution in [1.82, 2.24) is 9.13 Å². The minimum absolute atomic E-state index is 0.0271. The van der Waals surface area contributed by atoms with Gasteiger partial charge in [0.05, 0.1) is 50.1 Å². The van der Waals surface area contributed by atoms with Crippen molar-refractivity contribution in [3.05, 3.63) is 237 Å². The fourth-order valence-electron chi connectivity index (χ4n) is 12.4. The van der Waals surface area contributed by atoms with Gasteiger partial charge in [0.25, 0.3) is 0 Å². The quantitative estimate of drug-likeness (QED) is 0.146. The van der Waals surface area contributed by atoms with Crippen molar-refractivity contribution in [2.45, 2.75) is 67.7 Å². The van der Waals surface area contributed by atoms with Gasteiger partial charge in [0.15, 0.2) is 0 Å². The summed E-state index contributed by atoms with van der Waals surface area (Å²) in [6.45, 7) is 16.2. The highest BCUT2D eigenvalue weighted by atomic mass is 19.4. The molecule has 3 nitrogen and oxygen atoms in total. The zero-order valence-corrected chi connectivity index (χ0v) is 45.4. The lowest BCUT2D eigenvalue weighted by Crippen LogP contribution is -2.15. The summed E-state index contributed by atoms with van der Waals surface area (Å²) in [7, 11) is 0. The number of nitriles is 1. The first kappa shape index (κ1) is 51.6. The first-order valence-corrected chi connectivity index (χ1v) is 26.5. The second kappa shape index (κ2) is 19.1. The number of rotatable bonds is 7. The molecule has 0 unspecified atom stereocenters. The number of alkyl halides is 6. The van der Waals surface area contributed by atoms with Gasteiger partial charge in [-0.3, -0.25) is 0 Å². The molecule has 2 aromatic heterocycles. The highest BCUT2D eigenvalue weighted by molar-refractivity contribution is 6.14. The molecular formula is C71H53F6N3. The average molecular weight is 1060 g/mol. The molecule has 12 rings (SSSR count). The predicted molar refractivity (Wildman–Crippen MR) is 315 cm³/mol. The van der Waals surface area contributed by atoms with E-state index in [9.17, 15) is 5.26 Å².